The summed E-state index contributed by atoms with van der Waals surface area (Å²) in [7, 11) is 0. The summed E-state index contributed by atoms with van der Waals surface area (Å²) >= 11 is 0. The highest BCUT2D eigenvalue weighted by Crippen LogP contribution is 2.14. The maximum atomic E-state index is 3.68. The van der Waals surface area contributed by atoms with Gasteiger partial charge >= 0.3 is 0 Å². The van der Waals surface area contributed by atoms with Crippen LogP contribution in [0.3, 0.4) is 0 Å². The Balaban J connectivity index is 0.00000144. The zero-order valence-corrected chi connectivity index (χ0v) is 16.1. The lowest BCUT2D eigenvalue weighted by molar-refractivity contribution is 0.192. The van der Waals surface area contributed by atoms with Crippen molar-refractivity contribution in [1.82, 2.24) is 10.2 Å². The van der Waals surface area contributed by atoms with E-state index in [1.807, 2.05) is 0 Å². The summed E-state index contributed by atoms with van der Waals surface area (Å²) in [5.41, 5.74) is 5.64. The highest BCUT2D eigenvalue weighted by molar-refractivity contribution is 5.85. The zero-order valence-electron chi connectivity index (χ0n) is 14.5. The van der Waals surface area contributed by atoms with Crippen LogP contribution in [0.2, 0.25) is 0 Å². The first-order chi connectivity index (χ1) is 10.7. The Bertz CT molecular complexity index is 616. The number of halogens is 2. The summed E-state index contributed by atoms with van der Waals surface area (Å²) in [4.78, 5) is 2.57. The second kappa shape index (κ2) is 10.0. The molecule has 2 aromatic rings. The van der Waals surface area contributed by atoms with Crippen LogP contribution >= 0.6 is 24.8 Å². The van der Waals surface area contributed by atoms with E-state index in [-0.39, 0.29) is 24.8 Å². The van der Waals surface area contributed by atoms with Gasteiger partial charge in [0.15, 0.2) is 0 Å². The highest BCUT2D eigenvalue weighted by Gasteiger charge is 2.19. The number of piperazine rings is 1. The fourth-order valence-electron chi connectivity index (χ4n) is 3.23. The molecule has 0 aromatic heterocycles. The second-order valence-electron chi connectivity index (χ2n) is 6.49. The first-order valence-electron chi connectivity index (χ1n) is 8.26. The Hall–Kier alpha value is -1.06. The molecule has 1 saturated heterocycles. The molecule has 3 rings (SSSR count). The number of nitrogens with one attached hydrogen (secondary N) is 1. The molecule has 0 radical (unpaired) electrons. The van der Waals surface area contributed by atoms with Gasteiger partial charge in [-0.2, -0.15) is 0 Å². The summed E-state index contributed by atoms with van der Waals surface area (Å²) in [6.45, 7) is 8.79. The van der Waals surface area contributed by atoms with Gasteiger partial charge in [0.2, 0.25) is 0 Å². The number of rotatable bonds is 4. The molecule has 1 fully saturated rings. The summed E-state index contributed by atoms with van der Waals surface area (Å²) in [6.07, 6.45) is 1.12. The van der Waals surface area contributed by atoms with Crippen molar-refractivity contribution in [3.8, 4) is 0 Å². The van der Waals surface area contributed by atoms with Gasteiger partial charge in [0, 0.05) is 32.2 Å². The van der Waals surface area contributed by atoms with E-state index in [4.69, 9.17) is 0 Å². The van der Waals surface area contributed by atoms with Gasteiger partial charge < -0.3 is 5.32 Å². The van der Waals surface area contributed by atoms with Gasteiger partial charge in [-0.3, -0.25) is 4.90 Å². The second-order valence-corrected chi connectivity index (χ2v) is 6.49. The first kappa shape index (κ1) is 21.0. The molecule has 4 heteroatoms. The number of aryl methyl sites for hydroxylation is 2. The Kier molecular flexibility index (Phi) is 8.79. The number of hydrogen-bond donors (Lipinski definition) is 1. The average Bonchev–Trinajstić information content (AvgIpc) is 2.52. The van der Waals surface area contributed by atoms with Crippen LogP contribution in [0.1, 0.15) is 22.3 Å². The van der Waals surface area contributed by atoms with Crippen molar-refractivity contribution in [2.45, 2.75) is 32.9 Å². The quantitative estimate of drug-likeness (QED) is 0.873. The minimum absolute atomic E-state index is 0. The molecule has 24 heavy (non-hydrogen) atoms. The number of hydrogen-bond acceptors (Lipinski definition) is 2. The third kappa shape index (κ3) is 5.78. The maximum Gasteiger partial charge on any atom is 0.0236 e. The molecule has 1 aliphatic heterocycles. The lowest BCUT2D eigenvalue weighted by Gasteiger charge is -2.34. The molecule has 0 amide bonds. The van der Waals surface area contributed by atoms with E-state index >= 15 is 0 Å². The van der Waals surface area contributed by atoms with E-state index in [1.54, 1.807) is 0 Å². The summed E-state index contributed by atoms with van der Waals surface area (Å²) < 4.78 is 0. The van der Waals surface area contributed by atoms with Crippen LogP contribution in [0, 0.1) is 13.8 Å². The summed E-state index contributed by atoms with van der Waals surface area (Å²) in [6, 6.07) is 18.2. The topological polar surface area (TPSA) is 15.3 Å². The molecule has 0 saturated carbocycles. The van der Waals surface area contributed by atoms with Gasteiger partial charge in [-0.25, -0.2) is 0 Å². The Morgan fingerprint density at radius 3 is 2.42 bits per heavy atom. The van der Waals surface area contributed by atoms with Gasteiger partial charge in [-0.05, 0) is 42.5 Å². The van der Waals surface area contributed by atoms with Gasteiger partial charge in [-0.15, -0.1) is 24.8 Å². The van der Waals surface area contributed by atoms with E-state index in [2.05, 4.69) is 72.6 Å². The first-order valence-corrected chi connectivity index (χ1v) is 8.26. The lowest BCUT2D eigenvalue weighted by Crippen LogP contribution is -2.51. The van der Waals surface area contributed by atoms with Crippen molar-refractivity contribution in [1.29, 1.82) is 0 Å². The molecule has 1 aliphatic rings. The maximum absolute atomic E-state index is 3.68. The molecule has 1 atom stereocenters. The molecule has 1 N–H and O–H groups in total. The SMILES string of the molecule is Cc1ccc(CC2CN(Cc3ccccc3)CCN2)cc1C.Cl.Cl. The van der Waals surface area contributed by atoms with Crippen LogP contribution in [0.15, 0.2) is 48.5 Å². The number of benzene rings is 2. The summed E-state index contributed by atoms with van der Waals surface area (Å²) in [5, 5.41) is 3.68. The predicted molar refractivity (Wildman–Crippen MR) is 108 cm³/mol. The highest BCUT2D eigenvalue weighted by atomic mass is 35.5. The van der Waals surface area contributed by atoms with Gasteiger partial charge in [-0.1, -0.05) is 48.5 Å². The van der Waals surface area contributed by atoms with Crippen molar-refractivity contribution in [3.05, 3.63) is 70.8 Å². The van der Waals surface area contributed by atoms with Crippen molar-refractivity contribution in [2.24, 2.45) is 0 Å². The Labute approximate surface area is 158 Å². The molecular weight excluding hydrogens is 339 g/mol. The smallest absolute Gasteiger partial charge is 0.0236 e. The number of nitrogens with zero attached hydrogens (tertiary/aromatic N) is 1. The molecule has 0 bridgehead atoms. The van der Waals surface area contributed by atoms with E-state index in [1.165, 1.54) is 22.3 Å². The largest absolute Gasteiger partial charge is 0.311 e. The van der Waals surface area contributed by atoms with Crippen LogP contribution in [-0.2, 0) is 13.0 Å². The van der Waals surface area contributed by atoms with Crippen molar-refractivity contribution < 1.29 is 0 Å². The van der Waals surface area contributed by atoms with Gasteiger partial charge in [0.25, 0.3) is 0 Å². The Morgan fingerprint density at radius 1 is 0.958 bits per heavy atom. The molecule has 1 unspecified atom stereocenters. The lowest BCUT2D eigenvalue weighted by atomic mass is 9.99. The van der Waals surface area contributed by atoms with Crippen LogP contribution in [0.25, 0.3) is 0 Å². The standard InChI is InChI=1S/C20H26N2.2ClH/c1-16-8-9-19(12-17(16)2)13-20-15-22(11-10-21-20)14-18-6-4-3-5-7-18;;/h3-9,12,20-21H,10-11,13-15H2,1-2H3;2*1H. The minimum Gasteiger partial charge on any atom is -0.311 e. The van der Waals surface area contributed by atoms with E-state index < -0.39 is 0 Å². The third-order valence-corrected chi connectivity index (χ3v) is 4.64. The van der Waals surface area contributed by atoms with Crippen LogP contribution in [-0.4, -0.2) is 30.6 Å². The van der Waals surface area contributed by atoms with Crippen LogP contribution in [0.5, 0.6) is 0 Å². The molecule has 0 spiro atoms. The van der Waals surface area contributed by atoms with Crippen molar-refractivity contribution >= 4 is 24.8 Å². The normalized spacial score (nSPS) is 17.7. The van der Waals surface area contributed by atoms with Gasteiger partial charge in [0.05, 0.1) is 0 Å². The molecular formula is C20H28Cl2N2. The Morgan fingerprint density at radius 2 is 1.71 bits per heavy atom. The predicted octanol–water partition coefficient (Wildman–Crippen LogP) is 4.16. The van der Waals surface area contributed by atoms with Crippen LogP contribution in [0.4, 0.5) is 0 Å². The molecule has 0 aliphatic carbocycles. The van der Waals surface area contributed by atoms with Crippen molar-refractivity contribution in [3.63, 3.8) is 0 Å². The summed E-state index contributed by atoms with van der Waals surface area (Å²) in [5.74, 6) is 0. The fourth-order valence-corrected chi connectivity index (χ4v) is 3.23. The van der Waals surface area contributed by atoms with Crippen molar-refractivity contribution in [2.75, 3.05) is 19.6 Å². The van der Waals surface area contributed by atoms with E-state index in [0.717, 1.165) is 32.6 Å². The van der Waals surface area contributed by atoms with E-state index in [0.29, 0.717) is 6.04 Å². The fraction of sp³-hybridized carbons (Fsp3) is 0.400. The van der Waals surface area contributed by atoms with Crippen LogP contribution < -0.4 is 5.32 Å². The van der Waals surface area contributed by atoms with E-state index in [9.17, 15) is 0 Å². The zero-order chi connectivity index (χ0) is 15.4. The molecule has 132 valence electrons. The monoisotopic (exact) mass is 366 g/mol. The minimum atomic E-state index is 0. The molecule has 2 aromatic carbocycles. The average molecular weight is 367 g/mol. The van der Waals surface area contributed by atoms with Gasteiger partial charge in [0.1, 0.15) is 0 Å². The third-order valence-electron chi connectivity index (χ3n) is 4.64. The molecule has 1 heterocycles. The molecule has 2 nitrogen and oxygen atoms in total.